The first kappa shape index (κ1) is 16.1. The summed E-state index contributed by atoms with van der Waals surface area (Å²) >= 11 is 0. The number of carboxylic acids is 1. The van der Waals surface area contributed by atoms with E-state index in [1.807, 2.05) is 6.07 Å². The van der Waals surface area contributed by atoms with Crippen molar-refractivity contribution in [2.75, 3.05) is 0 Å². The van der Waals surface area contributed by atoms with E-state index in [1.54, 1.807) is 13.8 Å². The average Bonchev–Trinajstić information content (AvgIpc) is 2.37. The minimum Gasteiger partial charge on any atom is -0.480 e. The Morgan fingerprint density at radius 2 is 2.10 bits per heavy atom. The third-order valence-electron chi connectivity index (χ3n) is 2.58. The molecule has 6 nitrogen and oxygen atoms in total. The fraction of sp³-hybridized carbons (Fsp3) is 0.385. The number of benzene rings is 1. The predicted octanol–water partition coefficient (Wildman–Crippen LogP) is 1.34. The molecule has 0 aliphatic heterocycles. The Hall–Kier alpha value is -1.91. The van der Waals surface area contributed by atoms with Crippen LogP contribution in [0.1, 0.15) is 25.8 Å². The summed E-state index contributed by atoms with van der Waals surface area (Å²) in [7, 11) is -3.96. The summed E-state index contributed by atoms with van der Waals surface area (Å²) in [6.07, 6.45) is 0.187. The molecule has 0 bridgehead atoms. The van der Waals surface area contributed by atoms with Gasteiger partial charge in [0.05, 0.1) is 16.5 Å². The molecule has 20 heavy (non-hydrogen) atoms. The highest BCUT2D eigenvalue weighted by atomic mass is 32.2. The molecule has 1 atom stereocenters. The van der Waals surface area contributed by atoms with Crippen molar-refractivity contribution in [3.63, 3.8) is 0 Å². The molecule has 0 radical (unpaired) electrons. The fourth-order valence-corrected chi connectivity index (χ4v) is 2.91. The summed E-state index contributed by atoms with van der Waals surface area (Å²) in [5.41, 5.74) is 0.198. The van der Waals surface area contributed by atoms with Gasteiger partial charge in [0.2, 0.25) is 10.0 Å². The maximum Gasteiger partial charge on any atom is 0.321 e. The number of nitriles is 1. The molecule has 0 aliphatic carbocycles. The smallest absolute Gasteiger partial charge is 0.321 e. The first-order valence-electron chi connectivity index (χ1n) is 6.01. The van der Waals surface area contributed by atoms with Crippen molar-refractivity contribution < 1.29 is 18.3 Å². The topological polar surface area (TPSA) is 107 Å². The molecule has 0 aliphatic rings. The summed E-state index contributed by atoms with van der Waals surface area (Å²) in [5, 5.41) is 17.8. The van der Waals surface area contributed by atoms with Gasteiger partial charge in [-0.25, -0.2) is 8.42 Å². The van der Waals surface area contributed by atoms with Crippen molar-refractivity contribution >= 4 is 16.0 Å². The molecule has 2 N–H and O–H groups in total. The van der Waals surface area contributed by atoms with Crippen molar-refractivity contribution in [2.45, 2.75) is 31.2 Å². The van der Waals surface area contributed by atoms with Gasteiger partial charge in [-0.3, -0.25) is 4.79 Å². The number of hydrogen-bond donors (Lipinski definition) is 2. The second-order valence-corrected chi connectivity index (χ2v) is 6.50. The highest BCUT2D eigenvalue weighted by Gasteiger charge is 2.26. The van der Waals surface area contributed by atoms with E-state index in [-0.39, 0.29) is 22.8 Å². The SMILES string of the molecule is CC(C)C[C@H](NS(=O)(=O)c1cccc(C#N)c1)C(=O)O. The minimum atomic E-state index is -3.96. The van der Waals surface area contributed by atoms with Crippen molar-refractivity contribution in [3.8, 4) is 6.07 Å². The van der Waals surface area contributed by atoms with Crippen LogP contribution < -0.4 is 4.72 Å². The van der Waals surface area contributed by atoms with Gasteiger partial charge in [0, 0.05) is 0 Å². The molecule has 7 heteroatoms. The Morgan fingerprint density at radius 1 is 1.45 bits per heavy atom. The van der Waals surface area contributed by atoms with Crippen LogP contribution in [0.5, 0.6) is 0 Å². The van der Waals surface area contributed by atoms with Crippen LogP contribution in [-0.2, 0) is 14.8 Å². The number of nitrogens with zero attached hydrogens (tertiary/aromatic N) is 1. The monoisotopic (exact) mass is 296 g/mol. The third-order valence-corrected chi connectivity index (χ3v) is 4.05. The summed E-state index contributed by atoms with van der Waals surface area (Å²) in [6, 6.07) is 6.08. The maximum absolute atomic E-state index is 12.1. The number of carboxylic acid groups (broad SMARTS) is 1. The normalized spacial score (nSPS) is 12.9. The molecule has 0 fully saturated rings. The van der Waals surface area contributed by atoms with E-state index in [1.165, 1.54) is 24.3 Å². The van der Waals surface area contributed by atoms with E-state index in [0.717, 1.165) is 0 Å². The zero-order valence-corrected chi connectivity index (χ0v) is 12.0. The number of carbonyl (C=O) groups is 1. The second-order valence-electron chi connectivity index (χ2n) is 4.78. The van der Waals surface area contributed by atoms with E-state index in [2.05, 4.69) is 4.72 Å². The number of rotatable bonds is 6. The maximum atomic E-state index is 12.1. The number of aliphatic carboxylic acids is 1. The van der Waals surface area contributed by atoms with Gasteiger partial charge in [-0.2, -0.15) is 9.98 Å². The summed E-state index contributed by atoms with van der Waals surface area (Å²) in [5.74, 6) is -1.19. The number of hydrogen-bond acceptors (Lipinski definition) is 4. The van der Waals surface area contributed by atoms with Crippen LogP contribution in [0.25, 0.3) is 0 Å². The quantitative estimate of drug-likeness (QED) is 0.823. The van der Waals surface area contributed by atoms with Crippen molar-refractivity contribution in [3.05, 3.63) is 29.8 Å². The van der Waals surface area contributed by atoms with Gasteiger partial charge in [0.1, 0.15) is 6.04 Å². The first-order valence-corrected chi connectivity index (χ1v) is 7.50. The number of nitrogens with one attached hydrogen (secondary N) is 1. The Labute approximate surface area is 118 Å². The van der Waals surface area contributed by atoms with Gasteiger partial charge >= 0.3 is 5.97 Å². The Bertz CT molecular complexity index is 632. The van der Waals surface area contributed by atoms with Crippen LogP contribution in [-0.4, -0.2) is 25.5 Å². The first-order chi connectivity index (χ1) is 9.26. The van der Waals surface area contributed by atoms with Gasteiger partial charge in [-0.1, -0.05) is 19.9 Å². The van der Waals surface area contributed by atoms with Gasteiger partial charge in [0.15, 0.2) is 0 Å². The van der Waals surface area contributed by atoms with Gasteiger partial charge in [0.25, 0.3) is 0 Å². The van der Waals surface area contributed by atoms with Crippen molar-refractivity contribution in [2.24, 2.45) is 5.92 Å². The molecular formula is C13H16N2O4S. The highest BCUT2D eigenvalue weighted by Crippen LogP contribution is 2.13. The summed E-state index contributed by atoms with van der Waals surface area (Å²) < 4.78 is 26.4. The van der Waals surface area contributed by atoms with Gasteiger partial charge in [-0.15, -0.1) is 0 Å². The van der Waals surface area contributed by atoms with E-state index in [4.69, 9.17) is 10.4 Å². The lowest BCUT2D eigenvalue weighted by Crippen LogP contribution is -2.41. The molecule has 1 rings (SSSR count). The molecule has 1 aromatic rings. The molecule has 1 aromatic carbocycles. The standard InChI is InChI=1S/C13H16N2O4S/c1-9(2)6-12(13(16)17)15-20(18,19)11-5-3-4-10(7-11)8-14/h3-5,7,9,12,15H,6H2,1-2H3,(H,16,17)/t12-/m0/s1. The van der Waals surface area contributed by atoms with E-state index in [9.17, 15) is 13.2 Å². The third kappa shape index (κ3) is 4.33. The van der Waals surface area contributed by atoms with Crippen LogP contribution in [0.2, 0.25) is 0 Å². The summed E-state index contributed by atoms with van der Waals surface area (Å²) in [4.78, 5) is 11.0. The van der Waals surface area contributed by atoms with Crippen LogP contribution in [0.15, 0.2) is 29.2 Å². The number of sulfonamides is 1. The zero-order valence-electron chi connectivity index (χ0n) is 11.2. The highest BCUT2D eigenvalue weighted by molar-refractivity contribution is 7.89. The Kier molecular flexibility index (Phi) is 5.25. The van der Waals surface area contributed by atoms with Gasteiger partial charge < -0.3 is 5.11 Å². The van der Waals surface area contributed by atoms with E-state index >= 15 is 0 Å². The largest absolute Gasteiger partial charge is 0.480 e. The summed E-state index contributed by atoms with van der Waals surface area (Å²) in [6.45, 7) is 3.61. The van der Waals surface area contributed by atoms with Crippen molar-refractivity contribution in [1.82, 2.24) is 4.72 Å². The lowest BCUT2D eigenvalue weighted by molar-refractivity contribution is -0.139. The van der Waals surface area contributed by atoms with E-state index in [0.29, 0.717) is 0 Å². The molecule has 0 unspecified atom stereocenters. The molecule has 108 valence electrons. The molecule has 0 spiro atoms. The van der Waals surface area contributed by atoms with Crippen molar-refractivity contribution in [1.29, 1.82) is 5.26 Å². The molecule has 0 aromatic heterocycles. The second kappa shape index (κ2) is 6.50. The molecular weight excluding hydrogens is 280 g/mol. The Morgan fingerprint density at radius 3 is 2.60 bits per heavy atom. The van der Waals surface area contributed by atoms with Crippen LogP contribution in [0.3, 0.4) is 0 Å². The fourth-order valence-electron chi connectivity index (χ4n) is 1.66. The minimum absolute atomic E-state index is 0.0317. The molecule has 0 heterocycles. The molecule has 0 saturated carbocycles. The van der Waals surface area contributed by atoms with E-state index < -0.39 is 22.0 Å². The van der Waals surface area contributed by atoms with Crippen LogP contribution in [0.4, 0.5) is 0 Å². The Balaban J connectivity index is 3.03. The zero-order chi connectivity index (χ0) is 15.3. The van der Waals surface area contributed by atoms with Crippen LogP contribution in [0, 0.1) is 17.2 Å². The lowest BCUT2D eigenvalue weighted by atomic mass is 10.1. The van der Waals surface area contributed by atoms with Gasteiger partial charge in [-0.05, 0) is 30.5 Å². The van der Waals surface area contributed by atoms with Crippen LogP contribution >= 0.6 is 0 Å². The molecule has 0 saturated heterocycles. The average molecular weight is 296 g/mol. The lowest BCUT2D eigenvalue weighted by Gasteiger charge is -2.16. The predicted molar refractivity (Wildman–Crippen MR) is 72.4 cm³/mol. The molecule has 0 amide bonds.